The van der Waals surface area contributed by atoms with Crippen molar-refractivity contribution in [3.8, 4) is 11.8 Å². The summed E-state index contributed by atoms with van der Waals surface area (Å²) in [7, 11) is 0. The minimum absolute atomic E-state index is 0.164. The molecule has 1 aliphatic carbocycles. The molecule has 0 aliphatic heterocycles. The van der Waals surface area contributed by atoms with E-state index >= 15 is 0 Å². The van der Waals surface area contributed by atoms with Gasteiger partial charge in [-0.1, -0.05) is 48.5 Å². The van der Waals surface area contributed by atoms with Gasteiger partial charge in [0.1, 0.15) is 11.3 Å². The predicted octanol–water partition coefficient (Wildman–Crippen LogP) is 3.01. The first kappa shape index (κ1) is 20.4. The van der Waals surface area contributed by atoms with Crippen molar-refractivity contribution < 1.29 is 19.1 Å². The molecule has 0 heterocycles. The SMILES string of the molecule is C[C@@](C#N)(NC(=O)COC(=O)COc1ccccc1Cc1ccccc1)C1CC1. The normalized spacial score (nSPS) is 14.9. The third kappa shape index (κ3) is 5.82. The number of rotatable bonds is 9. The van der Waals surface area contributed by atoms with Crippen LogP contribution in [0.25, 0.3) is 0 Å². The molecule has 29 heavy (non-hydrogen) atoms. The van der Waals surface area contributed by atoms with Gasteiger partial charge in [-0.3, -0.25) is 4.79 Å². The van der Waals surface area contributed by atoms with Gasteiger partial charge >= 0.3 is 5.97 Å². The predicted molar refractivity (Wildman–Crippen MR) is 107 cm³/mol. The average molecular weight is 392 g/mol. The number of ether oxygens (including phenoxy) is 2. The zero-order valence-corrected chi connectivity index (χ0v) is 16.4. The molecule has 6 heteroatoms. The Balaban J connectivity index is 1.47. The maximum Gasteiger partial charge on any atom is 0.344 e. The summed E-state index contributed by atoms with van der Waals surface area (Å²) in [6.45, 7) is 0.965. The molecule has 0 aromatic heterocycles. The summed E-state index contributed by atoms with van der Waals surface area (Å²) < 4.78 is 10.6. The summed E-state index contributed by atoms with van der Waals surface area (Å²) in [6, 6.07) is 19.6. The number of carbonyl (C=O) groups excluding carboxylic acids is 2. The number of nitrogens with one attached hydrogen (secondary N) is 1. The van der Waals surface area contributed by atoms with Gasteiger partial charge in [-0.05, 0) is 42.9 Å². The van der Waals surface area contributed by atoms with Crippen LogP contribution in [0.5, 0.6) is 5.75 Å². The molecule has 1 saturated carbocycles. The zero-order valence-electron chi connectivity index (χ0n) is 16.4. The van der Waals surface area contributed by atoms with Crippen molar-refractivity contribution in [1.29, 1.82) is 5.26 Å². The Labute approximate surface area is 170 Å². The average Bonchev–Trinajstić information content (AvgIpc) is 3.58. The lowest BCUT2D eigenvalue weighted by molar-refractivity contribution is -0.150. The van der Waals surface area contributed by atoms with E-state index in [1.54, 1.807) is 13.0 Å². The number of para-hydroxylation sites is 1. The molecule has 1 amide bonds. The number of nitrogens with zero attached hydrogens (tertiary/aromatic N) is 1. The summed E-state index contributed by atoms with van der Waals surface area (Å²) in [4.78, 5) is 24.0. The van der Waals surface area contributed by atoms with Gasteiger partial charge in [0.15, 0.2) is 13.2 Å². The van der Waals surface area contributed by atoms with Crippen LogP contribution in [-0.2, 0) is 20.7 Å². The van der Waals surface area contributed by atoms with Gasteiger partial charge in [-0.15, -0.1) is 0 Å². The van der Waals surface area contributed by atoms with E-state index in [4.69, 9.17) is 9.47 Å². The van der Waals surface area contributed by atoms with E-state index in [2.05, 4.69) is 11.4 Å². The number of nitriles is 1. The maximum atomic E-state index is 12.0. The highest BCUT2D eigenvalue weighted by molar-refractivity contribution is 5.81. The van der Waals surface area contributed by atoms with E-state index in [1.807, 2.05) is 48.5 Å². The summed E-state index contributed by atoms with van der Waals surface area (Å²) >= 11 is 0. The highest BCUT2D eigenvalue weighted by atomic mass is 16.6. The second-order valence-electron chi connectivity index (χ2n) is 7.36. The molecule has 150 valence electrons. The first-order chi connectivity index (χ1) is 14.0. The molecular weight excluding hydrogens is 368 g/mol. The smallest absolute Gasteiger partial charge is 0.344 e. The van der Waals surface area contributed by atoms with Crippen LogP contribution in [0.3, 0.4) is 0 Å². The fourth-order valence-electron chi connectivity index (χ4n) is 3.14. The Morgan fingerprint density at radius 2 is 1.79 bits per heavy atom. The highest BCUT2D eigenvalue weighted by Crippen LogP contribution is 2.39. The molecule has 3 rings (SSSR count). The molecule has 0 spiro atoms. The third-order valence-corrected chi connectivity index (χ3v) is 4.94. The summed E-state index contributed by atoms with van der Waals surface area (Å²) in [5.41, 5.74) is 1.19. The lowest BCUT2D eigenvalue weighted by Gasteiger charge is -2.22. The van der Waals surface area contributed by atoms with Gasteiger partial charge in [-0.25, -0.2) is 4.79 Å². The van der Waals surface area contributed by atoms with Crippen LogP contribution >= 0.6 is 0 Å². The van der Waals surface area contributed by atoms with Crippen molar-refractivity contribution >= 4 is 11.9 Å². The number of hydrogen-bond acceptors (Lipinski definition) is 5. The van der Waals surface area contributed by atoms with Crippen LogP contribution in [-0.4, -0.2) is 30.6 Å². The number of benzene rings is 2. The third-order valence-electron chi connectivity index (χ3n) is 4.94. The van der Waals surface area contributed by atoms with Crippen molar-refractivity contribution in [2.75, 3.05) is 13.2 Å². The molecule has 6 nitrogen and oxygen atoms in total. The molecule has 0 radical (unpaired) electrons. The molecule has 0 bridgehead atoms. The molecular formula is C23H24N2O4. The maximum absolute atomic E-state index is 12.0. The second kappa shape index (κ2) is 9.24. The Morgan fingerprint density at radius 3 is 2.48 bits per heavy atom. The fourth-order valence-corrected chi connectivity index (χ4v) is 3.14. The Hall–Kier alpha value is -3.33. The van der Waals surface area contributed by atoms with Crippen LogP contribution in [0, 0.1) is 17.2 Å². The van der Waals surface area contributed by atoms with E-state index in [1.165, 1.54) is 0 Å². The molecule has 1 fully saturated rings. The molecule has 1 atom stereocenters. The van der Waals surface area contributed by atoms with E-state index in [-0.39, 0.29) is 12.5 Å². The lowest BCUT2D eigenvalue weighted by Crippen LogP contribution is -2.48. The molecule has 2 aromatic rings. The second-order valence-corrected chi connectivity index (χ2v) is 7.36. The van der Waals surface area contributed by atoms with Gasteiger partial charge in [0, 0.05) is 6.42 Å². The summed E-state index contributed by atoms with van der Waals surface area (Å²) in [6.07, 6.45) is 2.52. The van der Waals surface area contributed by atoms with E-state index < -0.39 is 24.0 Å². The van der Waals surface area contributed by atoms with Gasteiger partial charge in [-0.2, -0.15) is 5.26 Å². The van der Waals surface area contributed by atoms with Crippen LogP contribution < -0.4 is 10.1 Å². The summed E-state index contributed by atoms with van der Waals surface area (Å²) in [5, 5.41) is 11.9. The molecule has 0 saturated heterocycles. The monoisotopic (exact) mass is 392 g/mol. The van der Waals surface area contributed by atoms with Gasteiger partial charge < -0.3 is 14.8 Å². The molecule has 2 aromatic carbocycles. The van der Waals surface area contributed by atoms with Crippen molar-refractivity contribution in [2.45, 2.75) is 31.7 Å². The Bertz CT molecular complexity index is 903. The van der Waals surface area contributed by atoms with E-state index in [0.29, 0.717) is 12.2 Å². The largest absolute Gasteiger partial charge is 0.482 e. The van der Waals surface area contributed by atoms with Crippen LogP contribution in [0.4, 0.5) is 0 Å². The van der Waals surface area contributed by atoms with Gasteiger partial charge in [0.2, 0.25) is 0 Å². The standard InChI is InChI=1S/C23H24N2O4/c1-23(16-24,19-11-12-19)25-21(26)14-29-22(27)15-28-20-10-6-5-9-18(20)13-17-7-3-2-4-8-17/h2-10,19H,11-15H2,1H3,(H,25,26)/t23-/m0/s1. The summed E-state index contributed by atoms with van der Waals surface area (Å²) in [5.74, 6) is -0.362. The van der Waals surface area contributed by atoms with Crippen LogP contribution in [0.15, 0.2) is 54.6 Å². The quantitative estimate of drug-likeness (QED) is 0.663. The number of amides is 1. The number of hydrogen-bond donors (Lipinski definition) is 1. The highest BCUT2D eigenvalue weighted by Gasteiger charge is 2.43. The molecule has 1 N–H and O–H groups in total. The fraction of sp³-hybridized carbons (Fsp3) is 0.348. The number of carbonyl (C=O) groups is 2. The van der Waals surface area contributed by atoms with Gasteiger partial charge in [0.25, 0.3) is 5.91 Å². The zero-order chi connectivity index (χ0) is 20.7. The molecule has 0 unspecified atom stereocenters. The lowest BCUT2D eigenvalue weighted by atomic mass is 9.98. The topological polar surface area (TPSA) is 88.4 Å². The van der Waals surface area contributed by atoms with Crippen molar-refractivity contribution in [1.82, 2.24) is 5.32 Å². The van der Waals surface area contributed by atoms with Gasteiger partial charge in [0.05, 0.1) is 6.07 Å². The minimum atomic E-state index is -0.906. The van der Waals surface area contributed by atoms with Crippen molar-refractivity contribution in [3.05, 3.63) is 65.7 Å². The Kier molecular flexibility index (Phi) is 6.50. The number of esters is 1. The molecule has 1 aliphatic rings. The first-order valence-corrected chi connectivity index (χ1v) is 9.62. The van der Waals surface area contributed by atoms with Crippen LogP contribution in [0.2, 0.25) is 0 Å². The van der Waals surface area contributed by atoms with Crippen LogP contribution in [0.1, 0.15) is 30.9 Å². The first-order valence-electron chi connectivity index (χ1n) is 9.62. The minimum Gasteiger partial charge on any atom is -0.482 e. The van der Waals surface area contributed by atoms with Crippen molar-refractivity contribution in [3.63, 3.8) is 0 Å². The van der Waals surface area contributed by atoms with E-state index in [0.717, 1.165) is 24.0 Å². The Morgan fingerprint density at radius 1 is 1.10 bits per heavy atom. The van der Waals surface area contributed by atoms with E-state index in [9.17, 15) is 14.9 Å². The van der Waals surface area contributed by atoms with Crippen molar-refractivity contribution in [2.24, 2.45) is 5.92 Å².